The molecule has 9 rings (SSSR count). The molecule has 4 aliphatic carbocycles. The molecule has 8 heteroatoms. The van der Waals surface area contributed by atoms with E-state index in [-0.39, 0.29) is 0 Å². The second-order valence-corrected chi connectivity index (χ2v) is 18.8. The molecule has 20 atom stereocenters. The van der Waals surface area contributed by atoms with Crippen LogP contribution in [0.4, 0.5) is 0 Å². The fraction of sp³-hybridized carbons (Fsp3) is 1.00. The molecule has 0 aromatic rings. The Morgan fingerprint density at radius 2 is 0.458 bits per heavy atom. The highest BCUT2D eigenvalue weighted by molar-refractivity contribution is 5.09. The summed E-state index contributed by atoms with van der Waals surface area (Å²) >= 11 is 0. The van der Waals surface area contributed by atoms with Crippen molar-refractivity contribution in [2.45, 2.75) is 180 Å². The first-order valence-electron chi connectivity index (χ1n) is 21.6. The van der Waals surface area contributed by atoms with Crippen LogP contribution < -0.4 is 42.5 Å². The second-order valence-electron chi connectivity index (χ2n) is 18.8. The van der Waals surface area contributed by atoms with E-state index in [0.29, 0.717) is 96.7 Å². The summed E-state index contributed by atoms with van der Waals surface area (Å²) in [4.78, 5) is 0. The summed E-state index contributed by atoms with van der Waals surface area (Å²) in [6.07, 6.45) is 25.1. The zero-order valence-corrected chi connectivity index (χ0v) is 30.9. The molecule has 8 nitrogen and oxygen atoms in total. The smallest absolute Gasteiger partial charge is 0.0628 e. The van der Waals surface area contributed by atoms with Crippen molar-refractivity contribution in [2.75, 3.05) is 0 Å². The average Bonchev–Trinajstić information content (AvgIpc) is 3.85. The van der Waals surface area contributed by atoms with Crippen molar-refractivity contribution in [3.05, 3.63) is 0 Å². The molecular weight excluding hydrogens is 592 g/mol. The molecule has 5 saturated heterocycles. The fourth-order valence-corrected chi connectivity index (χ4v) is 13.9. The Morgan fingerprint density at radius 1 is 0.271 bits per heavy atom. The van der Waals surface area contributed by atoms with E-state index in [1.54, 1.807) is 0 Å². The lowest BCUT2D eigenvalue weighted by Crippen LogP contribution is -2.61. The van der Waals surface area contributed by atoms with Crippen LogP contribution in [-0.4, -0.2) is 49.3 Å². The van der Waals surface area contributed by atoms with Crippen molar-refractivity contribution in [3.8, 4) is 0 Å². The molecule has 5 heterocycles. The zero-order chi connectivity index (χ0) is 32.5. The van der Waals surface area contributed by atoms with Crippen LogP contribution >= 0.6 is 0 Å². The Bertz CT molecular complexity index is 941. The predicted octanol–water partition coefficient (Wildman–Crippen LogP) is 5.15. The van der Waals surface area contributed by atoms with Gasteiger partial charge in [0, 0.05) is 0 Å². The molecule has 0 aromatic carbocycles. The topological polar surface area (TPSA) is 96.2 Å². The van der Waals surface area contributed by atoms with E-state index in [9.17, 15) is 0 Å². The summed E-state index contributed by atoms with van der Waals surface area (Å²) in [6.45, 7) is 9.73. The molecule has 9 aliphatic rings. The molecule has 5 aliphatic heterocycles. The van der Waals surface area contributed by atoms with Crippen LogP contribution in [0.1, 0.15) is 130 Å². The summed E-state index contributed by atoms with van der Waals surface area (Å²) in [5.74, 6) is 9.24. The van der Waals surface area contributed by atoms with E-state index in [1.807, 2.05) is 0 Å². The standard InChI is InChI=1S/C40H72N8/c1-5-21-9-13-25-29(17-21)37-43-33(25)41-34-27-15-11-23(7-3)19-31(27)39(45-34)48-40-32-20-24(8-4)12-16-28(32)36(46-40)42-35-26-14-10-22(6-2)18-30(26)38(44-35)47-37/h21-48H,5-20H2,1-4H3. The number of nitrogens with one attached hydrogen (secondary N) is 8. The maximum atomic E-state index is 4.38. The Labute approximate surface area is 292 Å². The van der Waals surface area contributed by atoms with E-state index in [2.05, 4.69) is 70.2 Å². The molecule has 48 heavy (non-hydrogen) atoms. The van der Waals surface area contributed by atoms with Gasteiger partial charge in [0.1, 0.15) is 0 Å². The van der Waals surface area contributed by atoms with Crippen molar-refractivity contribution in [2.24, 2.45) is 71.0 Å². The largest absolute Gasteiger partial charge is 0.286 e. The van der Waals surface area contributed by atoms with Gasteiger partial charge in [0.15, 0.2) is 0 Å². The van der Waals surface area contributed by atoms with Crippen LogP contribution in [0.2, 0.25) is 0 Å². The minimum atomic E-state index is 0.387. The predicted molar refractivity (Wildman–Crippen MR) is 194 cm³/mol. The fourth-order valence-electron chi connectivity index (χ4n) is 13.9. The van der Waals surface area contributed by atoms with Crippen molar-refractivity contribution in [3.63, 3.8) is 0 Å². The summed E-state index contributed by atoms with van der Waals surface area (Å²) in [6, 6.07) is 0. The van der Waals surface area contributed by atoms with Crippen molar-refractivity contribution >= 4 is 0 Å². The van der Waals surface area contributed by atoms with Gasteiger partial charge in [0.25, 0.3) is 0 Å². The number of rotatable bonds is 4. The van der Waals surface area contributed by atoms with E-state index in [1.165, 1.54) is 103 Å². The van der Waals surface area contributed by atoms with Crippen molar-refractivity contribution in [1.82, 2.24) is 42.5 Å². The molecule has 272 valence electrons. The summed E-state index contributed by atoms with van der Waals surface area (Å²) in [7, 11) is 0. The Kier molecular flexibility index (Phi) is 9.71. The Morgan fingerprint density at radius 3 is 0.646 bits per heavy atom. The van der Waals surface area contributed by atoms with Crippen LogP contribution in [-0.2, 0) is 0 Å². The summed E-state index contributed by atoms with van der Waals surface area (Å²) < 4.78 is 0. The number of hydrogen-bond acceptors (Lipinski definition) is 8. The second kappa shape index (κ2) is 13.9. The lowest BCUT2D eigenvalue weighted by atomic mass is 9.71. The van der Waals surface area contributed by atoms with Gasteiger partial charge in [-0.2, -0.15) is 0 Å². The van der Waals surface area contributed by atoms with Gasteiger partial charge < -0.3 is 0 Å². The minimum Gasteiger partial charge on any atom is -0.286 e. The first kappa shape index (κ1) is 33.5. The molecule has 0 aromatic heterocycles. The third-order valence-corrected chi connectivity index (χ3v) is 16.9. The Hall–Kier alpha value is -0.320. The van der Waals surface area contributed by atoms with Gasteiger partial charge in [0.05, 0.1) is 49.3 Å². The normalized spacial score (nSPS) is 56.2. The maximum Gasteiger partial charge on any atom is 0.0628 e. The van der Waals surface area contributed by atoms with Gasteiger partial charge in [-0.15, -0.1) is 0 Å². The van der Waals surface area contributed by atoms with E-state index < -0.39 is 0 Å². The highest BCUT2D eigenvalue weighted by Crippen LogP contribution is 2.48. The van der Waals surface area contributed by atoms with Gasteiger partial charge in [-0.25, -0.2) is 0 Å². The van der Waals surface area contributed by atoms with E-state index >= 15 is 0 Å². The van der Waals surface area contributed by atoms with Gasteiger partial charge in [0.2, 0.25) is 0 Å². The van der Waals surface area contributed by atoms with Crippen molar-refractivity contribution in [1.29, 1.82) is 0 Å². The molecule has 8 bridgehead atoms. The summed E-state index contributed by atoms with van der Waals surface area (Å²) in [5, 5.41) is 34.6. The molecule has 9 fully saturated rings. The first-order valence-corrected chi connectivity index (χ1v) is 21.6. The molecular formula is C40H72N8. The van der Waals surface area contributed by atoms with Crippen LogP contribution in [0.3, 0.4) is 0 Å². The minimum absolute atomic E-state index is 0.387. The van der Waals surface area contributed by atoms with Crippen LogP contribution in [0.15, 0.2) is 0 Å². The Balaban J connectivity index is 1.05. The van der Waals surface area contributed by atoms with Gasteiger partial charge >= 0.3 is 0 Å². The van der Waals surface area contributed by atoms with Crippen molar-refractivity contribution < 1.29 is 0 Å². The van der Waals surface area contributed by atoms with E-state index in [0.717, 1.165) is 23.7 Å². The monoisotopic (exact) mass is 665 g/mol. The lowest BCUT2D eigenvalue weighted by Gasteiger charge is -2.39. The molecule has 0 radical (unpaired) electrons. The lowest BCUT2D eigenvalue weighted by molar-refractivity contribution is 0.124. The maximum absolute atomic E-state index is 4.38. The SMILES string of the molecule is CCC1CCC2C3NC4NC(NC5NC(NC6NC(NC(N3)C2C1)C1CC(CC)CCC61)C1CCC(CC)CC51)C1CC(CC)CCC41. The molecule has 20 unspecified atom stereocenters. The van der Waals surface area contributed by atoms with Crippen LogP contribution in [0.5, 0.6) is 0 Å². The number of hydrogen-bond donors (Lipinski definition) is 8. The summed E-state index contributed by atoms with van der Waals surface area (Å²) in [5.41, 5.74) is 0. The van der Waals surface area contributed by atoms with Gasteiger partial charge in [-0.1, -0.05) is 79.1 Å². The molecule has 4 saturated carbocycles. The average molecular weight is 665 g/mol. The first-order chi connectivity index (χ1) is 23.5. The van der Waals surface area contributed by atoms with Crippen LogP contribution in [0.25, 0.3) is 0 Å². The third kappa shape index (κ3) is 5.96. The highest BCUT2D eigenvalue weighted by Gasteiger charge is 2.55. The van der Waals surface area contributed by atoms with Crippen LogP contribution in [0, 0.1) is 71.0 Å². The third-order valence-electron chi connectivity index (χ3n) is 16.9. The zero-order valence-electron chi connectivity index (χ0n) is 30.9. The van der Waals surface area contributed by atoms with Gasteiger partial charge in [-0.3, -0.25) is 42.5 Å². The van der Waals surface area contributed by atoms with Gasteiger partial charge in [-0.05, 0) is 122 Å². The quantitative estimate of drug-likeness (QED) is 0.209. The molecule has 0 spiro atoms. The van der Waals surface area contributed by atoms with E-state index in [4.69, 9.17) is 0 Å². The highest BCUT2D eigenvalue weighted by atomic mass is 15.4. The molecule has 0 amide bonds. The molecule has 8 N–H and O–H groups in total. The number of fused-ring (bicyclic) bond motifs is 20.